The van der Waals surface area contributed by atoms with E-state index in [-0.39, 0.29) is 5.82 Å². The Bertz CT molecular complexity index is 546. The van der Waals surface area contributed by atoms with Crippen LogP contribution in [0.25, 0.3) is 0 Å². The first-order valence-electron chi connectivity index (χ1n) is 5.97. The van der Waals surface area contributed by atoms with Gasteiger partial charge in [0.2, 0.25) is 5.88 Å². The SMILES string of the molecule is CCNCc1cnc(Oc2ccc(F)cc2)c(Cl)c1. The van der Waals surface area contributed by atoms with E-state index < -0.39 is 0 Å². The molecule has 0 amide bonds. The van der Waals surface area contributed by atoms with E-state index in [0.29, 0.717) is 23.2 Å². The summed E-state index contributed by atoms with van der Waals surface area (Å²) < 4.78 is 18.3. The molecule has 1 aromatic heterocycles. The first kappa shape index (κ1) is 13.8. The van der Waals surface area contributed by atoms with Crippen LogP contribution in [-0.2, 0) is 6.54 Å². The Labute approximate surface area is 116 Å². The van der Waals surface area contributed by atoms with Crippen molar-refractivity contribution in [2.45, 2.75) is 13.5 Å². The standard InChI is InChI=1S/C14H14ClFN2O/c1-2-17-8-10-7-13(15)14(18-9-10)19-12-5-3-11(16)4-6-12/h3-7,9,17H,2,8H2,1H3. The van der Waals surface area contributed by atoms with Crippen LogP contribution in [-0.4, -0.2) is 11.5 Å². The molecule has 0 fully saturated rings. The molecule has 0 aliphatic rings. The van der Waals surface area contributed by atoms with E-state index in [0.717, 1.165) is 12.1 Å². The predicted octanol–water partition coefficient (Wildman–Crippen LogP) is 3.78. The van der Waals surface area contributed by atoms with Crippen molar-refractivity contribution in [3.8, 4) is 11.6 Å². The van der Waals surface area contributed by atoms with Gasteiger partial charge >= 0.3 is 0 Å². The van der Waals surface area contributed by atoms with Crippen molar-refractivity contribution in [3.63, 3.8) is 0 Å². The van der Waals surface area contributed by atoms with E-state index in [1.807, 2.05) is 6.92 Å². The van der Waals surface area contributed by atoms with Crippen molar-refractivity contribution in [1.82, 2.24) is 10.3 Å². The van der Waals surface area contributed by atoms with Gasteiger partial charge in [-0.25, -0.2) is 9.37 Å². The Morgan fingerprint density at radius 3 is 2.68 bits per heavy atom. The van der Waals surface area contributed by atoms with Crippen LogP contribution >= 0.6 is 11.6 Å². The predicted molar refractivity (Wildman–Crippen MR) is 73.1 cm³/mol. The van der Waals surface area contributed by atoms with Crippen molar-refractivity contribution in [2.75, 3.05) is 6.54 Å². The fourth-order valence-corrected chi connectivity index (χ4v) is 1.75. The highest BCUT2D eigenvalue weighted by Gasteiger charge is 2.06. The number of pyridine rings is 1. The summed E-state index contributed by atoms with van der Waals surface area (Å²) in [4.78, 5) is 4.16. The molecule has 1 heterocycles. The van der Waals surface area contributed by atoms with Crippen molar-refractivity contribution < 1.29 is 9.13 Å². The lowest BCUT2D eigenvalue weighted by Gasteiger charge is -2.08. The lowest BCUT2D eigenvalue weighted by molar-refractivity contribution is 0.461. The Kier molecular flexibility index (Phi) is 4.71. The third-order valence-corrected chi connectivity index (χ3v) is 2.74. The molecule has 0 radical (unpaired) electrons. The average Bonchev–Trinajstić information content (AvgIpc) is 2.41. The molecule has 1 N–H and O–H groups in total. The van der Waals surface area contributed by atoms with E-state index in [2.05, 4.69) is 10.3 Å². The van der Waals surface area contributed by atoms with Gasteiger partial charge in [-0.1, -0.05) is 18.5 Å². The molecule has 100 valence electrons. The average molecular weight is 281 g/mol. The normalized spacial score (nSPS) is 10.5. The number of halogens is 2. The molecular weight excluding hydrogens is 267 g/mol. The number of aromatic nitrogens is 1. The van der Waals surface area contributed by atoms with E-state index in [1.165, 1.54) is 24.3 Å². The number of rotatable bonds is 5. The molecule has 1 aromatic carbocycles. The van der Waals surface area contributed by atoms with Gasteiger partial charge in [-0.05, 0) is 42.4 Å². The minimum atomic E-state index is -0.313. The van der Waals surface area contributed by atoms with Gasteiger partial charge in [0.1, 0.15) is 16.6 Å². The fourth-order valence-electron chi connectivity index (χ4n) is 1.52. The fraction of sp³-hybridized carbons (Fsp3) is 0.214. The minimum absolute atomic E-state index is 0.313. The summed E-state index contributed by atoms with van der Waals surface area (Å²) in [6.07, 6.45) is 1.70. The summed E-state index contributed by atoms with van der Waals surface area (Å²) >= 11 is 6.10. The maximum atomic E-state index is 12.8. The third-order valence-electron chi connectivity index (χ3n) is 2.47. The summed E-state index contributed by atoms with van der Waals surface area (Å²) in [7, 11) is 0. The summed E-state index contributed by atoms with van der Waals surface area (Å²) in [6.45, 7) is 3.62. The Balaban J connectivity index is 2.10. The highest BCUT2D eigenvalue weighted by atomic mass is 35.5. The molecule has 0 saturated heterocycles. The van der Waals surface area contributed by atoms with Crippen LogP contribution in [0.4, 0.5) is 4.39 Å². The third kappa shape index (κ3) is 3.91. The highest BCUT2D eigenvalue weighted by Crippen LogP contribution is 2.27. The van der Waals surface area contributed by atoms with E-state index in [4.69, 9.17) is 16.3 Å². The lowest BCUT2D eigenvalue weighted by atomic mass is 10.3. The maximum absolute atomic E-state index is 12.8. The van der Waals surface area contributed by atoms with Crippen LogP contribution in [0.1, 0.15) is 12.5 Å². The summed E-state index contributed by atoms with van der Waals surface area (Å²) in [5.74, 6) is 0.496. The second-order valence-electron chi connectivity index (χ2n) is 3.97. The van der Waals surface area contributed by atoms with Gasteiger partial charge in [0, 0.05) is 12.7 Å². The van der Waals surface area contributed by atoms with Gasteiger partial charge in [-0.3, -0.25) is 0 Å². The van der Waals surface area contributed by atoms with Crippen LogP contribution in [0.5, 0.6) is 11.6 Å². The van der Waals surface area contributed by atoms with Crippen LogP contribution in [0.3, 0.4) is 0 Å². The van der Waals surface area contributed by atoms with Crippen LogP contribution in [0.2, 0.25) is 5.02 Å². The second-order valence-corrected chi connectivity index (χ2v) is 4.37. The van der Waals surface area contributed by atoms with Gasteiger partial charge in [-0.15, -0.1) is 0 Å². The van der Waals surface area contributed by atoms with Gasteiger partial charge < -0.3 is 10.1 Å². The molecule has 2 aromatic rings. The topological polar surface area (TPSA) is 34.2 Å². The zero-order valence-electron chi connectivity index (χ0n) is 10.5. The Morgan fingerprint density at radius 1 is 1.32 bits per heavy atom. The van der Waals surface area contributed by atoms with Crippen molar-refractivity contribution in [1.29, 1.82) is 0 Å². The number of hydrogen-bond donors (Lipinski definition) is 1. The molecule has 0 saturated carbocycles. The second kappa shape index (κ2) is 6.50. The quantitative estimate of drug-likeness (QED) is 0.905. The van der Waals surface area contributed by atoms with E-state index in [1.54, 1.807) is 12.3 Å². The molecular formula is C14H14ClFN2O. The van der Waals surface area contributed by atoms with Gasteiger partial charge in [0.25, 0.3) is 0 Å². The monoisotopic (exact) mass is 280 g/mol. The molecule has 0 unspecified atom stereocenters. The summed E-state index contributed by atoms with van der Waals surface area (Å²) in [6, 6.07) is 7.50. The van der Waals surface area contributed by atoms with Gasteiger partial charge in [0.05, 0.1) is 0 Å². The van der Waals surface area contributed by atoms with Crippen LogP contribution in [0, 0.1) is 5.82 Å². The first-order chi connectivity index (χ1) is 9.19. The summed E-state index contributed by atoms with van der Waals surface area (Å²) in [5, 5.41) is 3.62. The van der Waals surface area contributed by atoms with Crippen molar-refractivity contribution >= 4 is 11.6 Å². The molecule has 0 spiro atoms. The Morgan fingerprint density at radius 2 is 2.05 bits per heavy atom. The van der Waals surface area contributed by atoms with Crippen LogP contribution < -0.4 is 10.1 Å². The molecule has 0 atom stereocenters. The summed E-state index contributed by atoms with van der Waals surface area (Å²) in [5.41, 5.74) is 0.985. The number of nitrogens with one attached hydrogen (secondary N) is 1. The number of nitrogens with zero attached hydrogens (tertiary/aromatic N) is 1. The van der Waals surface area contributed by atoms with E-state index in [9.17, 15) is 4.39 Å². The molecule has 0 aliphatic carbocycles. The zero-order chi connectivity index (χ0) is 13.7. The molecule has 2 rings (SSSR count). The van der Waals surface area contributed by atoms with Crippen LogP contribution in [0.15, 0.2) is 36.5 Å². The number of hydrogen-bond acceptors (Lipinski definition) is 3. The lowest BCUT2D eigenvalue weighted by Crippen LogP contribution is -2.11. The smallest absolute Gasteiger partial charge is 0.238 e. The van der Waals surface area contributed by atoms with Gasteiger partial charge in [-0.2, -0.15) is 0 Å². The molecule has 0 bridgehead atoms. The first-order valence-corrected chi connectivity index (χ1v) is 6.35. The van der Waals surface area contributed by atoms with E-state index >= 15 is 0 Å². The number of ether oxygens (including phenoxy) is 1. The highest BCUT2D eigenvalue weighted by molar-refractivity contribution is 6.31. The minimum Gasteiger partial charge on any atom is -0.438 e. The number of benzene rings is 1. The molecule has 0 aliphatic heterocycles. The molecule has 5 heteroatoms. The molecule has 3 nitrogen and oxygen atoms in total. The van der Waals surface area contributed by atoms with Crippen molar-refractivity contribution in [2.24, 2.45) is 0 Å². The largest absolute Gasteiger partial charge is 0.438 e. The maximum Gasteiger partial charge on any atom is 0.238 e. The van der Waals surface area contributed by atoms with Crippen molar-refractivity contribution in [3.05, 3.63) is 52.9 Å². The van der Waals surface area contributed by atoms with Gasteiger partial charge in [0.15, 0.2) is 0 Å². The molecule has 19 heavy (non-hydrogen) atoms. The Hall–Kier alpha value is -1.65. The zero-order valence-corrected chi connectivity index (χ0v) is 11.2.